The molecular formula is C13H12BrClN2O. The topological polar surface area (TPSA) is 45.8 Å². The van der Waals surface area contributed by atoms with Gasteiger partial charge in [0.15, 0.2) is 0 Å². The summed E-state index contributed by atoms with van der Waals surface area (Å²) in [7, 11) is 0. The average Bonchev–Trinajstić information content (AvgIpc) is 2.32. The number of nitrogens with one attached hydrogen (secondary N) is 1. The summed E-state index contributed by atoms with van der Waals surface area (Å²) in [5.41, 5.74) is 2.07. The summed E-state index contributed by atoms with van der Waals surface area (Å²) in [6, 6.07) is 5.48. The Morgan fingerprint density at radius 2 is 2.17 bits per heavy atom. The third-order valence-electron chi connectivity index (χ3n) is 2.77. The van der Waals surface area contributed by atoms with E-state index in [0.717, 1.165) is 22.2 Å². The van der Waals surface area contributed by atoms with Gasteiger partial charge in [-0.3, -0.25) is 4.79 Å². The molecule has 94 valence electrons. The van der Waals surface area contributed by atoms with Crippen molar-refractivity contribution in [2.75, 3.05) is 0 Å². The highest BCUT2D eigenvalue weighted by Gasteiger charge is 2.10. The Hall–Kier alpha value is -1.13. The van der Waals surface area contributed by atoms with Crippen LogP contribution in [0, 0.1) is 6.92 Å². The van der Waals surface area contributed by atoms with Crippen LogP contribution in [0.5, 0.6) is 0 Å². The molecule has 2 rings (SSSR count). The first-order valence-electron chi connectivity index (χ1n) is 5.58. The predicted molar refractivity (Wildman–Crippen MR) is 77.1 cm³/mol. The molecule has 5 heteroatoms. The predicted octanol–water partition coefficient (Wildman–Crippen LogP) is 3.72. The summed E-state index contributed by atoms with van der Waals surface area (Å²) in [6.45, 7) is 3.75. The molecule has 18 heavy (non-hydrogen) atoms. The molecule has 1 heterocycles. The molecule has 0 amide bonds. The third-order valence-corrected chi connectivity index (χ3v) is 3.58. The monoisotopic (exact) mass is 326 g/mol. The summed E-state index contributed by atoms with van der Waals surface area (Å²) in [5, 5.41) is 0.554. The van der Waals surface area contributed by atoms with E-state index in [1.165, 1.54) is 0 Å². The van der Waals surface area contributed by atoms with Crippen LogP contribution in [-0.4, -0.2) is 9.97 Å². The van der Waals surface area contributed by atoms with Crippen LogP contribution in [0.25, 0.3) is 11.4 Å². The Morgan fingerprint density at radius 1 is 1.44 bits per heavy atom. The lowest BCUT2D eigenvalue weighted by Crippen LogP contribution is -2.15. The molecule has 0 saturated carbocycles. The number of H-pyrrole nitrogens is 1. The molecule has 1 aromatic carbocycles. The number of halogens is 2. The lowest BCUT2D eigenvalue weighted by atomic mass is 10.1. The Morgan fingerprint density at radius 3 is 2.78 bits per heavy atom. The molecule has 0 aliphatic heterocycles. The van der Waals surface area contributed by atoms with Crippen molar-refractivity contribution in [1.29, 1.82) is 0 Å². The SMILES string of the molecule is CCc1nc(-c2ccc(Br)cc2Cl)[nH]c(=O)c1C. The smallest absolute Gasteiger partial charge is 0.254 e. The standard InChI is InChI=1S/C13H12BrClN2O/c1-3-11-7(2)13(18)17-12(16-11)9-5-4-8(14)6-10(9)15/h4-6H,3H2,1-2H3,(H,16,17,18). The quantitative estimate of drug-likeness (QED) is 0.913. The zero-order valence-corrected chi connectivity index (χ0v) is 12.4. The van der Waals surface area contributed by atoms with E-state index in [-0.39, 0.29) is 5.56 Å². The maximum atomic E-state index is 11.8. The van der Waals surface area contributed by atoms with Crippen molar-refractivity contribution < 1.29 is 0 Å². The molecule has 0 aliphatic rings. The van der Waals surface area contributed by atoms with Crippen LogP contribution in [0.4, 0.5) is 0 Å². The Labute approximate surface area is 118 Å². The number of aromatic amines is 1. The minimum Gasteiger partial charge on any atom is -0.306 e. The van der Waals surface area contributed by atoms with Gasteiger partial charge in [-0.1, -0.05) is 34.5 Å². The van der Waals surface area contributed by atoms with Gasteiger partial charge in [0.05, 0.1) is 10.7 Å². The number of aryl methyl sites for hydroxylation is 1. The summed E-state index contributed by atoms with van der Waals surface area (Å²) < 4.78 is 0.890. The van der Waals surface area contributed by atoms with Crippen LogP contribution in [0.3, 0.4) is 0 Å². The van der Waals surface area contributed by atoms with Crippen LogP contribution in [0.1, 0.15) is 18.2 Å². The van der Waals surface area contributed by atoms with Crippen molar-refractivity contribution in [2.45, 2.75) is 20.3 Å². The molecule has 0 spiro atoms. The molecular weight excluding hydrogens is 316 g/mol. The molecule has 0 atom stereocenters. The van der Waals surface area contributed by atoms with E-state index >= 15 is 0 Å². The van der Waals surface area contributed by atoms with E-state index < -0.39 is 0 Å². The third kappa shape index (κ3) is 2.49. The van der Waals surface area contributed by atoms with E-state index in [9.17, 15) is 4.79 Å². The van der Waals surface area contributed by atoms with Gasteiger partial charge in [0.25, 0.3) is 5.56 Å². The minimum atomic E-state index is -0.115. The molecule has 0 radical (unpaired) electrons. The molecule has 3 nitrogen and oxygen atoms in total. The van der Waals surface area contributed by atoms with Gasteiger partial charge in [-0.15, -0.1) is 0 Å². The molecule has 0 saturated heterocycles. The highest BCUT2D eigenvalue weighted by molar-refractivity contribution is 9.10. The van der Waals surface area contributed by atoms with Crippen LogP contribution < -0.4 is 5.56 Å². The molecule has 2 aromatic rings. The second-order valence-electron chi connectivity index (χ2n) is 3.96. The second-order valence-corrected chi connectivity index (χ2v) is 5.29. The Kier molecular flexibility index (Phi) is 3.88. The molecule has 0 bridgehead atoms. The number of benzene rings is 1. The average molecular weight is 328 g/mol. The number of hydrogen-bond donors (Lipinski definition) is 1. The summed E-state index contributed by atoms with van der Waals surface area (Å²) in [6.07, 6.45) is 0.719. The van der Waals surface area contributed by atoms with Crippen molar-refractivity contribution in [1.82, 2.24) is 9.97 Å². The first-order valence-corrected chi connectivity index (χ1v) is 6.75. The van der Waals surface area contributed by atoms with E-state index in [0.29, 0.717) is 16.4 Å². The number of aromatic nitrogens is 2. The Bertz CT molecular complexity index is 652. The lowest BCUT2D eigenvalue weighted by molar-refractivity contribution is 0.955. The van der Waals surface area contributed by atoms with Crippen molar-refractivity contribution in [3.05, 3.63) is 49.3 Å². The lowest BCUT2D eigenvalue weighted by Gasteiger charge is -2.07. The van der Waals surface area contributed by atoms with E-state index in [1.807, 2.05) is 19.1 Å². The first-order chi connectivity index (χ1) is 8.52. The van der Waals surface area contributed by atoms with Crippen molar-refractivity contribution in [3.63, 3.8) is 0 Å². The minimum absolute atomic E-state index is 0.115. The van der Waals surface area contributed by atoms with Crippen molar-refractivity contribution in [2.24, 2.45) is 0 Å². The fraction of sp³-hybridized carbons (Fsp3) is 0.231. The number of nitrogens with zero attached hydrogens (tertiary/aromatic N) is 1. The van der Waals surface area contributed by atoms with Gasteiger partial charge < -0.3 is 4.98 Å². The largest absolute Gasteiger partial charge is 0.306 e. The molecule has 0 unspecified atom stereocenters. The fourth-order valence-corrected chi connectivity index (χ4v) is 2.50. The summed E-state index contributed by atoms with van der Waals surface area (Å²) in [5.74, 6) is 0.514. The number of hydrogen-bond acceptors (Lipinski definition) is 2. The first kappa shape index (κ1) is 13.3. The highest BCUT2D eigenvalue weighted by Crippen LogP contribution is 2.28. The maximum Gasteiger partial charge on any atom is 0.254 e. The van der Waals surface area contributed by atoms with Crippen LogP contribution in [-0.2, 0) is 6.42 Å². The summed E-state index contributed by atoms with van der Waals surface area (Å²) in [4.78, 5) is 19.0. The second kappa shape index (κ2) is 5.24. The maximum absolute atomic E-state index is 11.8. The fourth-order valence-electron chi connectivity index (χ4n) is 1.73. The van der Waals surface area contributed by atoms with Gasteiger partial charge in [0.1, 0.15) is 5.82 Å². The van der Waals surface area contributed by atoms with Crippen molar-refractivity contribution in [3.8, 4) is 11.4 Å². The van der Waals surface area contributed by atoms with E-state index in [4.69, 9.17) is 11.6 Å². The van der Waals surface area contributed by atoms with Crippen molar-refractivity contribution >= 4 is 27.5 Å². The van der Waals surface area contributed by atoms with Gasteiger partial charge in [0, 0.05) is 15.6 Å². The molecule has 0 fully saturated rings. The van der Waals surface area contributed by atoms with Gasteiger partial charge in [-0.05, 0) is 31.5 Å². The molecule has 1 N–H and O–H groups in total. The normalized spacial score (nSPS) is 10.7. The zero-order valence-electron chi connectivity index (χ0n) is 10.1. The van der Waals surface area contributed by atoms with Gasteiger partial charge >= 0.3 is 0 Å². The van der Waals surface area contributed by atoms with Gasteiger partial charge in [-0.25, -0.2) is 4.98 Å². The molecule has 0 aliphatic carbocycles. The van der Waals surface area contributed by atoms with Gasteiger partial charge in [-0.2, -0.15) is 0 Å². The number of rotatable bonds is 2. The van der Waals surface area contributed by atoms with Gasteiger partial charge in [0.2, 0.25) is 0 Å². The van der Waals surface area contributed by atoms with Crippen LogP contribution in [0.2, 0.25) is 5.02 Å². The Balaban J connectivity index is 2.64. The summed E-state index contributed by atoms with van der Waals surface area (Å²) >= 11 is 9.51. The highest BCUT2D eigenvalue weighted by atomic mass is 79.9. The van der Waals surface area contributed by atoms with Crippen LogP contribution >= 0.6 is 27.5 Å². The van der Waals surface area contributed by atoms with E-state index in [2.05, 4.69) is 25.9 Å². The zero-order chi connectivity index (χ0) is 13.3. The van der Waals surface area contributed by atoms with E-state index in [1.54, 1.807) is 13.0 Å². The molecule has 1 aromatic heterocycles. The van der Waals surface area contributed by atoms with Crippen LogP contribution in [0.15, 0.2) is 27.5 Å².